The first-order chi connectivity index (χ1) is 11.2. The number of rotatable bonds is 3. The average Bonchev–Trinajstić information content (AvgIpc) is 2.54. The summed E-state index contributed by atoms with van der Waals surface area (Å²) in [5.74, 6) is -1.21. The second-order valence-corrected chi connectivity index (χ2v) is 6.96. The summed E-state index contributed by atoms with van der Waals surface area (Å²) in [6, 6.07) is 0. The maximum Gasteiger partial charge on any atom is 0.300 e. The van der Waals surface area contributed by atoms with E-state index in [1.165, 1.54) is 51.4 Å². The molecule has 2 saturated carbocycles. The molecule has 0 aromatic heterocycles. The van der Waals surface area contributed by atoms with Gasteiger partial charge in [0, 0.05) is 19.3 Å². The first kappa shape index (κ1) is 22.9. The lowest BCUT2D eigenvalue weighted by Crippen LogP contribution is -2.45. The molecular formula is C18H34O6. The predicted octanol–water partition coefficient (Wildman–Crippen LogP) is 3.05. The van der Waals surface area contributed by atoms with Crippen LogP contribution >= 0.6 is 0 Å². The molecule has 0 aliphatic heterocycles. The topological polar surface area (TPSA) is 115 Å². The summed E-state index contributed by atoms with van der Waals surface area (Å²) in [5.41, 5.74) is -0.153. The fraction of sp³-hybridized carbons (Fsp3) is 0.889. The molecule has 24 heavy (non-hydrogen) atoms. The summed E-state index contributed by atoms with van der Waals surface area (Å²) in [5, 5.41) is 35.1. The molecule has 0 spiro atoms. The third kappa shape index (κ3) is 9.23. The number of aliphatic hydroxyl groups excluding tert-OH is 2. The highest BCUT2D eigenvalue weighted by molar-refractivity contribution is 5.63. The van der Waals surface area contributed by atoms with Crippen LogP contribution < -0.4 is 0 Å². The molecule has 0 aromatic carbocycles. The van der Waals surface area contributed by atoms with E-state index in [9.17, 15) is 10.2 Å². The minimum atomic E-state index is -0.833. The highest BCUT2D eigenvalue weighted by Gasteiger charge is 2.42. The fourth-order valence-corrected chi connectivity index (χ4v) is 3.75. The number of aliphatic hydroxyl groups is 2. The number of hydrogen-bond donors (Lipinski definition) is 4. The molecule has 0 radical (unpaired) electrons. The molecule has 142 valence electrons. The van der Waals surface area contributed by atoms with Crippen LogP contribution in [0, 0.1) is 11.3 Å². The molecule has 2 rings (SSSR count). The summed E-state index contributed by atoms with van der Waals surface area (Å²) in [6.07, 6.45) is 11.7. The van der Waals surface area contributed by atoms with Crippen molar-refractivity contribution in [3.8, 4) is 0 Å². The van der Waals surface area contributed by atoms with E-state index in [4.69, 9.17) is 19.8 Å². The van der Waals surface area contributed by atoms with E-state index < -0.39 is 11.9 Å². The molecule has 6 nitrogen and oxygen atoms in total. The number of carboxylic acids is 2. The molecule has 2 aliphatic rings. The summed E-state index contributed by atoms with van der Waals surface area (Å²) in [6.45, 7) is 2.35. The normalized spacial score (nSPS) is 21.3. The van der Waals surface area contributed by atoms with Gasteiger partial charge in [0.15, 0.2) is 0 Å². The monoisotopic (exact) mass is 346 g/mol. The second kappa shape index (κ2) is 12.3. The van der Waals surface area contributed by atoms with Gasteiger partial charge in [-0.25, -0.2) is 0 Å². The van der Waals surface area contributed by atoms with E-state index >= 15 is 0 Å². The molecule has 2 aliphatic carbocycles. The third-order valence-corrected chi connectivity index (χ3v) is 4.89. The molecule has 0 bridgehead atoms. The summed E-state index contributed by atoms with van der Waals surface area (Å²) in [7, 11) is 0. The van der Waals surface area contributed by atoms with Crippen LogP contribution in [0.2, 0.25) is 0 Å². The van der Waals surface area contributed by atoms with Gasteiger partial charge in [0.25, 0.3) is 11.9 Å². The van der Waals surface area contributed by atoms with Crippen LogP contribution in [0.4, 0.5) is 0 Å². The predicted molar refractivity (Wildman–Crippen MR) is 91.8 cm³/mol. The average molecular weight is 346 g/mol. The molecule has 6 heteroatoms. The SMILES string of the molecule is CC(=O)O.CC(=O)O.OCC1(C(O)C2CCCCC2)CCCCC1. The minimum absolute atomic E-state index is 0.153. The lowest BCUT2D eigenvalue weighted by molar-refractivity contribution is -0.135. The molecule has 1 atom stereocenters. The zero-order valence-corrected chi connectivity index (χ0v) is 15.0. The van der Waals surface area contributed by atoms with Crippen molar-refractivity contribution in [3.05, 3.63) is 0 Å². The molecular weight excluding hydrogens is 312 g/mol. The molecule has 0 aromatic rings. The summed E-state index contributed by atoms with van der Waals surface area (Å²) < 4.78 is 0. The molecule has 1 unspecified atom stereocenters. The Kier molecular flexibility index (Phi) is 11.7. The molecule has 2 fully saturated rings. The highest BCUT2D eigenvalue weighted by atomic mass is 16.4. The largest absolute Gasteiger partial charge is 0.481 e. The number of aliphatic carboxylic acids is 2. The Balaban J connectivity index is 0.000000558. The van der Waals surface area contributed by atoms with Crippen LogP contribution in [-0.4, -0.2) is 45.1 Å². The van der Waals surface area contributed by atoms with E-state index in [0.717, 1.165) is 26.7 Å². The van der Waals surface area contributed by atoms with Gasteiger partial charge in [0.2, 0.25) is 0 Å². The van der Waals surface area contributed by atoms with Crippen molar-refractivity contribution in [1.82, 2.24) is 0 Å². The van der Waals surface area contributed by atoms with Crippen LogP contribution in [0.5, 0.6) is 0 Å². The Bertz CT molecular complexity index is 337. The van der Waals surface area contributed by atoms with Gasteiger partial charge in [-0.3, -0.25) is 9.59 Å². The van der Waals surface area contributed by atoms with E-state index in [0.29, 0.717) is 5.92 Å². The third-order valence-electron chi connectivity index (χ3n) is 4.89. The number of hydrogen-bond acceptors (Lipinski definition) is 4. The van der Waals surface area contributed by atoms with Crippen LogP contribution in [0.3, 0.4) is 0 Å². The van der Waals surface area contributed by atoms with Crippen molar-refractivity contribution in [2.24, 2.45) is 11.3 Å². The van der Waals surface area contributed by atoms with Crippen molar-refractivity contribution in [2.45, 2.75) is 84.2 Å². The maximum absolute atomic E-state index is 10.6. The van der Waals surface area contributed by atoms with Crippen LogP contribution in [0.25, 0.3) is 0 Å². The van der Waals surface area contributed by atoms with Gasteiger partial charge in [-0.15, -0.1) is 0 Å². The lowest BCUT2D eigenvalue weighted by Gasteiger charge is -2.44. The van der Waals surface area contributed by atoms with Crippen molar-refractivity contribution < 1.29 is 30.0 Å². The Labute approximate surface area is 144 Å². The number of carbonyl (C=O) groups is 2. The molecule has 0 saturated heterocycles. The smallest absolute Gasteiger partial charge is 0.300 e. The highest BCUT2D eigenvalue weighted by Crippen LogP contribution is 2.44. The first-order valence-corrected chi connectivity index (χ1v) is 8.93. The van der Waals surface area contributed by atoms with Gasteiger partial charge in [-0.2, -0.15) is 0 Å². The number of carboxylic acid groups (broad SMARTS) is 2. The maximum atomic E-state index is 10.6. The van der Waals surface area contributed by atoms with Gasteiger partial charge >= 0.3 is 0 Å². The zero-order valence-electron chi connectivity index (χ0n) is 15.0. The Hall–Kier alpha value is -1.14. The van der Waals surface area contributed by atoms with Gasteiger partial charge in [-0.1, -0.05) is 38.5 Å². The molecule has 0 heterocycles. The fourth-order valence-electron chi connectivity index (χ4n) is 3.75. The standard InChI is InChI=1S/C14H26O2.2C2H4O2/c15-11-14(9-5-2-6-10-14)13(16)12-7-3-1-4-8-12;2*1-2(3)4/h12-13,15-16H,1-11H2;2*1H3,(H,3,4). The zero-order chi connectivity index (χ0) is 18.6. The summed E-state index contributed by atoms with van der Waals surface area (Å²) in [4.78, 5) is 18.0. The van der Waals surface area contributed by atoms with Crippen LogP contribution in [0.1, 0.15) is 78.1 Å². The summed E-state index contributed by atoms with van der Waals surface area (Å²) >= 11 is 0. The van der Waals surface area contributed by atoms with E-state index in [1.54, 1.807) is 0 Å². The minimum Gasteiger partial charge on any atom is -0.481 e. The van der Waals surface area contributed by atoms with Crippen LogP contribution in [0.15, 0.2) is 0 Å². The van der Waals surface area contributed by atoms with Crippen molar-refractivity contribution in [2.75, 3.05) is 6.61 Å². The van der Waals surface area contributed by atoms with Crippen LogP contribution in [-0.2, 0) is 9.59 Å². The van der Waals surface area contributed by atoms with Gasteiger partial charge in [0.1, 0.15) is 0 Å². The quantitative estimate of drug-likeness (QED) is 0.624. The molecule has 0 amide bonds. The van der Waals surface area contributed by atoms with Crippen molar-refractivity contribution >= 4 is 11.9 Å². The van der Waals surface area contributed by atoms with Gasteiger partial charge in [0.05, 0.1) is 12.7 Å². The Morgan fingerprint density at radius 3 is 1.67 bits per heavy atom. The van der Waals surface area contributed by atoms with E-state index in [2.05, 4.69) is 0 Å². The van der Waals surface area contributed by atoms with E-state index in [-0.39, 0.29) is 18.1 Å². The van der Waals surface area contributed by atoms with E-state index in [1.807, 2.05) is 0 Å². The van der Waals surface area contributed by atoms with Crippen molar-refractivity contribution in [1.29, 1.82) is 0 Å². The van der Waals surface area contributed by atoms with Crippen molar-refractivity contribution in [3.63, 3.8) is 0 Å². The lowest BCUT2D eigenvalue weighted by atomic mass is 9.65. The first-order valence-electron chi connectivity index (χ1n) is 8.93. The second-order valence-electron chi connectivity index (χ2n) is 6.96. The van der Waals surface area contributed by atoms with Gasteiger partial charge in [-0.05, 0) is 31.6 Å². The Morgan fingerprint density at radius 1 is 0.917 bits per heavy atom. The Morgan fingerprint density at radius 2 is 1.29 bits per heavy atom. The van der Waals surface area contributed by atoms with Gasteiger partial charge < -0.3 is 20.4 Å². The molecule has 4 N–H and O–H groups in total.